The van der Waals surface area contributed by atoms with Gasteiger partial charge >= 0.3 is 0 Å². The van der Waals surface area contributed by atoms with E-state index < -0.39 is 0 Å². The highest BCUT2D eigenvalue weighted by molar-refractivity contribution is 9.10. The van der Waals surface area contributed by atoms with E-state index in [1.807, 2.05) is 18.4 Å². The second kappa shape index (κ2) is 6.84. The van der Waals surface area contributed by atoms with E-state index in [4.69, 9.17) is 10.5 Å². The first kappa shape index (κ1) is 15.7. The monoisotopic (exact) mass is 354 g/mol. The third-order valence-corrected chi connectivity index (χ3v) is 4.95. The fourth-order valence-electron chi connectivity index (χ4n) is 2.56. The van der Waals surface area contributed by atoms with E-state index in [-0.39, 0.29) is 5.54 Å². The molecule has 1 aromatic carbocycles. The zero-order valence-electron chi connectivity index (χ0n) is 11.6. The van der Waals surface area contributed by atoms with E-state index in [1.165, 1.54) is 19.3 Å². The molecule has 1 aliphatic rings. The number of nitrogens with zero attached hydrogens (tertiary/aromatic N) is 1. The fourth-order valence-corrected chi connectivity index (χ4v) is 3.75. The van der Waals surface area contributed by atoms with Crippen molar-refractivity contribution < 1.29 is 4.74 Å². The molecule has 0 aromatic heterocycles. The third-order valence-electron chi connectivity index (χ3n) is 3.73. The first-order valence-electron chi connectivity index (χ1n) is 6.77. The Morgan fingerprint density at radius 1 is 1.40 bits per heavy atom. The SMILES string of the molecule is CSc1cc(Br)cc(OCC2(N)CCCCC2)c1C#N. The highest BCUT2D eigenvalue weighted by Gasteiger charge is 2.28. The average molecular weight is 355 g/mol. The Labute approximate surface area is 133 Å². The summed E-state index contributed by atoms with van der Waals surface area (Å²) < 4.78 is 6.82. The van der Waals surface area contributed by atoms with Crippen LogP contribution in [0.25, 0.3) is 0 Å². The molecule has 0 bridgehead atoms. The van der Waals surface area contributed by atoms with Gasteiger partial charge in [-0.15, -0.1) is 11.8 Å². The van der Waals surface area contributed by atoms with Gasteiger partial charge in [0.15, 0.2) is 0 Å². The maximum absolute atomic E-state index is 9.33. The van der Waals surface area contributed by atoms with Crippen LogP contribution >= 0.6 is 27.7 Å². The molecule has 0 unspecified atom stereocenters. The topological polar surface area (TPSA) is 59.0 Å². The first-order chi connectivity index (χ1) is 9.58. The Hall–Kier alpha value is -0.700. The predicted molar refractivity (Wildman–Crippen MR) is 86.1 cm³/mol. The van der Waals surface area contributed by atoms with Crippen LogP contribution in [0.4, 0.5) is 0 Å². The molecule has 3 nitrogen and oxygen atoms in total. The van der Waals surface area contributed by atoms with Crippen molar-refractivity contribution in [1.82, 2.24) is 0 Å². The van der Waals surface area contributed by atoms with Gasteiger partial charge in [0.25, 0.3) is 0 Å². The van der Waals surface area contributed by atoms with Gasteiger partial charge in [0, 0.05) is 9.37 Å². The first-order valence-corrected chi connectivity index (χ1v) is 8.79. The highest BCUT2D eigenvalue weighted by atomic mass is 79.9. The molecule has 1 aliphatic carbocycles. The van der Waals surface area contributed by atoms with E-state index in [0.717, 1.165) is 22.2 Å². The molecule has 2 N–H and O–H groups in total. The van der Waals surface area contributed by atoms with Crippen molar-refractivity contribution in [2.75, 3.05) is 12.9 Å². The van der Waals surface area contributed by atoms with Crippen molar-refractivity contribution in [2.24, 2.45) is 5.73 Å². The predicted octanol–water partition coefficient (Wildman–Crippen LogP) is 4.08. The summed E-state index contributed by atoms with van der Waals surface area (Å²) in [5.41, 5.74) is 6.74. The summed E-state index contributed by atoms with van der Waals surface area (Å²) in [4.78, 5) is 0.923. The molecule has 0 heterocycles. The van der Waals surface area contributed by atoms with Gasteiger partial charge in [-0.05, 0) is 31.2 Å². The molecule has 1 saturated carbocycles. The largest absolute Gasteiger partial charge is 0.490 e. The number of rotatable bonds is 4. The Morgan fingerprint density at radius 3 is 2.70 bits per heavy atom. The molecule has 0 spiro atoms. The Bertz CT molecular complexity index is 521. The van der Waals surface area contributed by atoms with E-state index in [9.17, 15) is 5.26 Å². The van der Waals surface area contributed by atoms with Gasteiger partial charge in [0.05, 0.1) is 5.54 Å². The lowest BCUT2D eigenvalue weighted by Gasteiger charge is -2.33. The Balaban J connectivity index is 2.16. The molecule has 1 fully saturated rings. The standard InChI is InChI=1S/C15H19BrN2OS/c1-20-14-8-11(16)7-13(12(14)9-17)19-10-15(18)5-3-2-4-6-15/h7-8H,2-6,10,18H2,1H3. The van der Waals surface area contributed by atoms with Gasteiger partial charge in [-0.25, -0.2) is 0 Å². The van der Waals surface area contributed by atoms with Gasteiger partial charge < -0.3 is 10.5 Å². The number of thioether (sulfide) groups is 1. The van der Waals surface area contributed by atoms with Crippen LogP contribution in [0, 0.1) is 11.3 Å². The van der Waals surface area contributed by atoms with Gasteiger partial charge in [-0.1, -0.05) is 35.2 Å². The van der Waals surface area contributed by atoms with Crippen LogP contribution in [0.15, 0.2) is 21.5 Å². The molecule has 1 aromatic rings. The number of hydrogen-bond acceptors (Lipinski definition) is 4. The summed E-state index contributed by atoms with van der Waals surface area (Å²) in [7, 11) is 0. The zero-order valence-corrected chi connectivity index (χ0v) is 14.0. The fraction of sp³-hybridized carbons (Fsp3) is 0.533. The molecule has 108 valence electrons. The van der Waals surface area contributed by atoms with Crippen molar-refractivity contribution in [3.05, 3.63) is 22.2 Å². The second-order valence-electron chi connectivity index (χ2n) is 5.30. The van der Waals surface area contributed by atoms with Crippen LogP contribution in [0.1, 0.15) is 37.7 Å². The second-order valence-corrected chi connectivity index (χ2v) is 7.07. The normalized spacial score (nSPS) is 17.5. The van der Waals surface area contributed by atoms with E-state index in [1.54, 1.807) is 11.8 Å². The zero-order chi connectivity index (χ0) is 14.6. The van der Waals surface area contributed by atoms with E-state index in [2.05, 4.69) is 22.0 Å². The molecule has 0 atom stereocenters. The van der Waals surface area contributed by atoms with Crippen LogP contribution in [0.2, 0.25) is 0 Å². The maximum Gasteiger partial charge on any atom is 0.139 e. The molecular formula is C15H19BrN2OS. The van der Waals surface area contributed by atoms with Gasteiger partial charge in [0.2, 0.25) is 0 Å². The van der Waals surface area contributed by atoms with Crippen LogP contribution in [-0.4, -0.2) is 18.4 Å². The number of benzene rings is 1. The van der Waals surface area contributed by atoms with E-state index in [0.29, 0.717) is 17.9 Å². The minimum Gasteiger partial charge on any atom is -0.490 e. The summed E-state index contributed by atoms with van der Waals surface area (Å²) in [6.45, 7) is 0.478. The molecule has 0 radical (unpaired) electrons. The van der Waals surface area contributed by atoms with Gasteiger partial charge in [0.1, 0.15) is 24.0 Å². The lowest BCUT2D eigenvalue weighted by atomic mass is 9.83. The Kier molecular flexibility index (Phi) is 5.36. The molecule has 5 heteroatoms. The van der Waals surface area contributed by atoms with Crippen LogP contribution in [0.5, 0.6) is 5.75 Å². The minimum atomic E-state index is -0.243. The average Bonchev–Trinajstić information content (AvgIpc) is 2.45. The number of ether oxygens (including phenoxy) is 1. The lowest BCUT2D eigenvalue weighted by Crippen LogP contribution is -2.47. The van der Waals surface area contributed by atoms with Gasteiger partial charge in [-0.3, -0.25) is 0 Å². The van der Waals surface area contributed by atoms with Crippen molar-refractivity contribution in [3.63, 3.8) is 0 Å². The quantitative estimate of drug-likeness (QED) is 0.827. The maximum atomic E-state index is 9.33. The molecule has 20 heavy (non-hydrogen) atoms. The van der Waals surface area contributed by atoms with Crippen LogP contribution < -0.4 is 10.5 Å². The van der Waals surface area contributed by atoms with Crippen LogP contribution in [0.3, 0.4) is 0 Å². The summed E-state index contributed by atoms with van der Waals surface area (Å²) in [5, 5.41) is 9.33. The number of nitriles is 1. The molecule has 0 amide bonds. The smallest absolute Gasteiger partial charge is 0.139 e. The van der Waals surface area contributed by atoms with Crippen molar-refractivity contribution in [2.45, 2.75) is 42.5 Å². The Morgan fingerprint density at radius 2 is 2.10 bits per heavy atom. The summed E-state index contributed by atoms with van der Waals surface area (Å²) in [5.74, 6) is 0.627. The lowest BCUT2D eigenvalue weighted by molar-refractivity contribution is 0.173. The van der Waals surface area contributed by atoms with Crippen molar-refractivity contribution >= 4 is 27.7 Å². The molecule has 0 aliphatic heterocycles. The molecular weight excluding hydrogens is 336 g/mol. The molecule has 2 rings (SSSR count). The molecule has 0 saturated heterocycles. The summed E-state index contributed by atoms with van der Waals surface area (Å²) >= 11 is 5.01. The van der Waals surface area contributed by atoms with Gasteiger partial charge in [-0.2, -0.15) is 5.26 Å². The summed E-state index contributed by atoms with van der Waals surface area (Å²) in [6, 6.07) is 6.03. The number of halogens is 1. The van der Waals surface area contributed by atoms with Crippen molar-refractivity contribution in [1.29, 1.82) is 5.26 Å². The van der Waals surface area contributed by atoms with E-state index >= 15 is 0 Å². The number of nitrogens with two attached hydrogens (primary N) is 1. The van der Waals surface area contributed by atoms with Crippen LogP contribution in [-0.2, 0) is 0 Å². The summed E-state index contributed by atoms with van der Waals surface area (Å²) in [6.07, 6.45) is 7.55. The van der Waals surface area contributed by atoms with Crippen molar-refractivity contribution in [3.8, 4) is 11.8 Å². The minimum absolute atomic E-state index is 0.243. The number of hydrogen-bond donors (Lipinski definition) is 1. The third kappa shape index (κ3) is 3.69. The highest BCUT2D eigenvalue weighted by Crippen LogP contribution is 2.34.